The van der Waals surface area contributed by atoms with Gasteiger partial charge in [-0.05, 0) is 25.8 Å². The summed E-state index contributed by atoms with van der Waals surface area (Å²) in [6, 6.07) is 0. The fourth-order valence-corrected chi connectivity index (χ4v) is 3.03. The number of nitrogens with one attached hydrogen (secondary N) is 1. The van der Waals surface area contributed by atoms with Gasteiger partial charge in [0.05, 0.1) is 12.8 Å². The molecule has 0 radical (unpaired) electrons. The van der Waals surface area contributed by atoms with Crippen molar-refractivity contribution in [3.05, 3.63) is 17.8 Å². The van der Waals surface area contributed by atoms with Crippen molar-refractivity contribution in [2.45, 2.75) is 63.7 Å². The lowest BCUT2D eigenvalue weighted by atomic mass is 9.90. The number of ether oxygens (including phenoxy) is 1. The molecule has 21 heavy (non-hydrogen) atoms. The van der Waals surface area contributed by atoms with Crippen LogP contribution in [0, 0.1) is 0 Å². The van der Waals surface area contributed by atoms with Gasteiger partial charge in [-0.3, -0.25) is 0 Å². The second-order valence-electron chi connectivity index (χ2n) is 6.04. The Labute approximate surface area is 128 Å². The molecule has 1 aliphatic carbocycles. The van der Waals surface area contributed by atoms with Crippen LogP contribution in [-0.4, -0.2) is 31.8 Å². The highest BCUT2D eigenvalue weighted by Crippen LogP contribution is 2.31. The van der Waals surface area contributed by atoms with Crippen molar-refractivity contribution in [3.8, 4) is 0 Å². The van der Waals surface area contributed by atoms with Crippen LogP contribution in [0.15, 0.2) is 10.6 Å². The van der Waals surface area contributed by atoms with Gasteiger partial charge in [0.25, 0.3) is 0 Å². The number of hydrogen-bond acceptors (Lipinski definition) is 4. The highest BCUT2D eigenvalue weighted by Gasteiger charge is 2.17. The van der Waals surface area contributed by atoms with Crippen LogP contribution in [0.25, 0.3) is 0 Å². The van der Waals surface area contributed by atoms with E-state index in [9.17, 15) is 0 Å². The lowest BCUT2D eigenvalue weighted by molar-refractivity contribution is 0.199. The van der Waals surface area contributed by atoms with Crippen molar-refractivity contribution in [2.75, 3.05) is 26.8 Å². The Kier molecular flexibility index (Phi) is 7.82. The Hall–Kier alpha value is -0.870. The molecule has 1 aliphatic rings. The van der Waals surface area contributed by atoms with Crippen LogP contribution in [-0.2, 0) is 11.2 Å². The second-order valence-corrected chi connectivity index (χ2v) is 6.04. The smallest absolute Gasteiger partial charge is 0.194 e. The topological polar surface area (TPSA) is 47.3 Å². The molecule has 4 heteroatoms. The molecular formula is C17H30N2O2. The number of methoxy groups -OCH3 is 1. The SMILES string of the molecule is COCCNCCCc1ncc(C2CCCCCCC2)o1. The second kappa shape index (κ2) is 9.96. The summed E-state index contributed by atoms with van der Waals surface area (Å²) in [4.78, 5) is 4.46. The number of oxazole rings is 1. The summed E-state index contributed by atoms with van der Waals surface area (Å²) in [6.45, 7) is 2.67. The summed E-state index contributed by atoms with van der Waals surface area (Å²) in [5.74, 6) is 2.63. The summed E-state index contributed by atoms with van der Waals surface area (Å²) in [5.41, 5.74) is 0. The quantitative estimate of drug-likeness (QED) is 0.743. The van der Waals surface area contributed by atoms with Gasteiger partial charge in [0.2, 0.25) is 0 Å². The summed E-state index contributed by atoms with van der Waals surface area (Å²) >= 11 is 0. The summed E-state index contributed by atoms with van der Waals surface area (Å²) in [6.07, 6.45) is 13.3. The highest BCUT2D eigenvalue weighted by atomic mass is 16.5. The average molecular weight is 294 g/mol. The molecule has 1 fully saturated rings. The van der Waals surface area contributed by atoms with Crippen LogP contribution in [0.5, 0.6) is 0 Å². The van der Waals surface area contributed by atoms with Crippen LogP contribution >= 0.6 is 0 Å². The fraction of sp³-hybridized carbons (Fsp3) is 0.824. The first-order valence-corrected chi connectivity index (χ1v) is 8.54. The molecule has 0 aliphatic heterocycles. The first kappa shape index (κ1) is 16.5. The molecule has 1 N–H and O–H groups in total. The molecule has 0 atom stereocenters. The lowest BCUT2D eigenvalue weighted by Gasteiger charge is -2.16. The van der Waals surface area contributed by atoms with Crippen molar-refractivity contribution in [1.82, 2.24) is 10.3 Å². The summed E-state index contributed by atoms with van der Waals surface area (Å²) in [5, 5.41) is 3.35. The third-order valence-corrected chi connectivity index (χ3v) is 4.31. The third kappa shape index (κ3) is 6.18. The molecule has 1 aromatic rings. The minimum absolute atomic E-state index is 0.603. The van der Waals surface area contributed by atoms with Crippen LogP contribution in [0.3, 0.4) is 0 Å². The van der Waals surface area contributed by atoms with E-state index in [1.165, 1.54) is 44.9 Å². The summed E-state index contributed by atoms with van der Waals surface area (Å²) in [7, 11) is 1.73. The van der Waals surface area contributed by atoms with Crippen LogP contribution in [0.1, 0.15) is 68.9 Å². The lowest BCUT2D eigenvalue weighted by Crippen LogP contribution is -2.20. The van der Waals surface area contributed by atoms with E-state index in [0.717, 1.165) is 44.2 Å². The van der Waals surface area contributed by atoms with Crippen molar-refractivity contribution < 1.29 is 9.15 Å². The summed E-state index contributed by atoms with van der Waals surface area (Å²) < 4.78 is 11.0. The fourth-order valence-electron chi connectivity index (χ4n) is 3.03. The predicted octanol–water partition coefficient (Wildman–Crippen LogP) is 3.67. The predicted molar refractivity (Wildman–Crippen MR) is 84.6 cm³/mol. The maximum atomic E-state index is 5.98. The van der Waals surface area contributed by atoms with Crippen molar-refractivity contribution in [1.29, 1.82) is 0 Å². The zero-order chi connectivity index (χ0) is 14.8. The molecule has 0 saturated heterocycles. The van der Waals surface area contributed by atoms with Gasteiger partial charge in [-0.25, -0.2) is 4.98 Å². The minimum Gasteiger partial charge on any atom is -0.445 e. The van der Waals surface area contributed by atoms with Crippen LogP contribution in [0.4, 0.5) is 0 Å². The molecule has 1 saturated carbocycles. The zero-order valence-corrected chi connectivity index (χ0v) is 13.4. The highest BCUT2D eigenvalue weighted by molar-refractivity contribution is 5.02. The Morgan fingerprint density at radius 3 is 2.71 bits per heavy atom. The molecule has 0 amide bonds. The number of nitrogens with zero attached hydrogens (tertiary/aromatic N) is 1. The number of aryl methyl sites for hydroxylation is 1. The van der Waals surface area contributed by atoms with Gasteiger partial charge in [-0.1, -0.05) is 32.1 Å². The molecule has 0 unspecified atom stereocenters. The number of rotatable bonds is 8. The standard InChI is InChI=1S/C17H30N2O2/c1-20-13-12-18-11-7-10-17-19-14-16(21-17)15-8-5-3-2-4-6-9-15/h14-15,18H,2-13H2,1H3. The third-order valence-electron chi connectivity index (χ3n) is 4.31. The number of aromatic nitrogens is 1. The van der Waals surface area contributed by atoms with E-state index in [-0.39, 0.29) is 0 Å². The van der Waals surface area contributed by atoms with E-state index in [0.29, 0.717) is 5.92 Å². The molecule has 120 valence electrons. The zero-order valence-electron chi connectivity index (χ0n) is 13.4. The van der Waals surface area contributed by atoms with Crippen molar-refractivity contribution in [2.24, 2.45) is 0 Å². The first-order chi connectivity index (χ1) is 10.4. The van der Waals surface area contributed by atoms with E-state index in [1.807, 2.05) is 6.20 Å². The van der Waals surface area contributed by atoms with Gasteiger partial charge < -0.3 is 14.5 Å². The van der Waals surface area contributed by atoms with Gasteiger partial charge in [-0.15, -0.1) is 0 Å². The van der Waals surface area contributed by atoms with E-state index >= 15 is 0 Å². The molecular weight excluding hydrogens is 264 g/mol. The number of hydrogen-bond donors (Lipinski definition) is 1. The molecule has 4 nitrogen and oxygen atoms in total. The molecule has 2 rings (SSSR count). The van der Waals surface area contributed by atoms with Gasteiger partial charge in [0.15, 0.2) is 5.89 Å². The van der Waals surface area contributed by atoms with Gasteiger partial charge in [0, 0.05) is 26.0 Å². The maximum Gasteiger partial charge on any atom is 0.194 e. The van der Waals surface area contributed by atoms with E-state index in [2.05, 4.69) is 10.3 Å². The molecule has 1 heterocycles. The van der Waals surface area contributed by atoms with E-state index < -0.39 is 0 Å². The average Bonchev–Trinajstić information content (AvgIpc) is 2.91. The van der Waals surface area contributed by atoms with Crippen LogP contribution in [0.2, 0.25) is 0 Å². The van der Waals surface area contributed by atoms with Gasteiger partial charge >= 0.3 is 0 Å². The van der Waals surface area contributed by atoms with Gasteiger partial charge in [-0.2, -0.15) is 0 Å². The van der Waals surface area contributed by atoms with Crippen molar-refractivity contribution >= 4 is 0 Å². The molecule has 1 aromatic heterocycles. The Balaban J connectivity index is 1.70. The normalized spacial score (nSPS) is 17.6. The largest absolute Gasteiger partial charge is 0.445 e. The first-order valence-electron chi connectivity index (χ1n) is 8.54. The van der Waals surface area contributed by atoms with E-state index in [1.54, 1.807) is 7.11 Å². The molecule has 0 spiro atoms. The molecule has 0 bridgehead atoms. The monoisotopic (exact) mass is 294 g/mol. The van der Waals surface area contributed by atoms with Gasteiger partial charge in [0.1, 0.15) is 5.76 Å². The minimum atomic E-state index is 0.603. The van der Waals surface area contributed by atoms with E-state index in [4.69, 9.17) is 9.15 Å². The van der Waals surface area contributed by atoms with Crippen molar-refractivity contribution in [3.63, 3.8) is 0 Å². The Morgan fingerprint density at radius 2 is 1.95 bits per heavy atom. The Morgan fingerprint density at radius 1 is 1.19 bits per heavy atom. The molecule has 0 aromatic carbocycles. The maximum absolute atomic E-state index is 5.98. The Bertz CT molecular complexity index is 371. The van der Waals surface area contributed by atoms with Crippen LogP contribution < -0.4 is 5.32 Å².